The van der Waals surface area contributed by atoms with Crippen molar-refractivity contribution in [3.8, 4) is 16.9 Å². The largest absolute Gasteiger partial charge is 0.497 e. The predicted molar refractivity (Wildman–Crippen MR) is 72.5 cm³/mol. The number of aromatic nitrogens is 2. The number of nitrogens with zero attached hydrogens (tertiary/aromatic N) is 2. The highest BCUT2D eigenvalue weighted by Crippen LogP contribution is 2.26. The minimum absolute atomic E-state index is 0.101. The Morgan fingerprint density at radius 2 is 2.22 bits per heavy atom. The molecule has 4 nitrogen and oxygen atoms in total. The molecule has 18 heavy (non-hydrogen) atoms. The van der Waals surface area contributed by atoms with Gasteiger partial charge in [0, 0.05) is 31.3 Å². The second-order valence-corrected chi connectivity index (χ2v) is 4.58. The number of nitrogens with two attached hydrogens (primary N) is 1. The molecule has 0 bridgehead atoms. The number of ether oxygens (including phenoxy) is 1. The van der Waals surface area contributed by atoms with Crippen molar-refractivity contribution in [3.05, 3.63) is 36.2 Å². The van der Waals surface area contributed by atoms with Crippen LogP contribution in [0.15, 0.2) is 30.5 Å². The summed E-state index contributed by atoms with van der Waals surface area (Å²) in [5, 5.41) is 4.48. The summed E-state index contributed by atoms with van der Waals surface area (Å²) >= 11 is 0. The molecule has 0 fully saturated rings. The van der Waals surface area contributed by atoms with Crippen LogP contribution in [-0.2, 0) is 13.5 Å². The zero-order valence-electron chi connectivity index (χ0n) is 11.1. The van der Waals surface area contributed by atoms with Gasteiger partial charge in [0.1, 0.15) is 5.75 Å². The number of rotatable bonds is 4. The Balaban J connectivity index is 2.42. The Hall–Kier alpha value is -1.81. The maximum Gasteiger partial charge on any atom is 0.119 e. The number of methoxy groups -OCH3 is 1. The standard InChI is InChI=1S/C14H19N3O/c1-10(15)7-14-13(9-17(2)16-14)11-5-4-6-12(8-11)18-3/h4-6,8-10H,7,15H2,1-3H3. The SMILES string of the molecule is COc1cccc(-c2cn(C)nc2CC(C)N)c1. The Morgan fingerprint density at radius 1 is 1.44 bits per heavy atom. The summed E-state index contributed by atoms with van der Waals surface area (Å²) in [4.78, 5) is 0. The van der Waals surface area contributed by atoms with Crippen LogP contribution in [0.4, 0.5) is 0 Å². The molecule has 0 radical (unpaired) electrons. The summed E-state index contributed by atoms with van der Waals surface area (Å²) in [5.41, 5.74) is 9.12. The van der Waals surface area contributed by atoms with E-state index >= 15 is 0 Å². The van der Waals surface area contributed by atoms with Gasteiger partial charge in [-0.15, -0.1) is 0 Å². The van der Waals surface area contributed by atoms with Crippen molar-refractivity contribution < 1.29 is 4.74 Å². The van der Waals surface area contributed by atoms with Crippen molar-refractivity contribution in [3.63, 3.8) is 0 Å². The molecule has 0 amide bonds. The summed E-state index contributed by atoms with van der Waals surface area (Å²) in [7, 11) is 3.60. The third kappa shape index (κ3) is 2.71. The first-order valence-electron chi connectivity index (χ1n) is 6.02. The smallest absolute Gasteiger partial charge is 0.119 e. The van der Waals surface area contributed by atoms with Gasteiger partial charge in [-0.1, -0.05) is 12.1 Å². The topological polar surface area (TPSA) is 53.1 Å². The fourth-order valence-corrected chi connectivity index (χ4v) is 2.02. The van der Waals surface area contributed by atoms with Crippen LogP contribution in [0.5, 0.6) is 5.75 Å². The van der Waals surface area contributed by atoms with E-state index in [1.807, 2.05) is 43.0 Å². The van der Waals surface area contributed by atoms with E-state index in [1.165, 1.54) is 0 Å². The van der Waals surface area contributed by atoms with Gasteiger partial charge >= 0.3 is 0 Å². The second kappa shape index (κ2) is 5.23. The first-order valence-corrected chi connectivity index (χ1v) is 6.02. The number of benzene rings is 1. The summed E-state index contributed by atoms with van der Waals surface area (Å²) in [6.45, 7) is 1.99. The highest BCUT2D eigenvalue weighted by atomic mass is 16.5. The lowest BCUT2D eigenvalue weighted by Gasteiger charge is -2.06. The van der Waals surface area contributed by atoms with Crippen molar-refractivity contribution in [2.24, 2.45) is 12.8 Å². The summed E-state index contributed by atoms with van der Waals surface area (Å²) in [5.74, 6) is 0.850. The molecule has 1 aromatic carbocycles. The van der Waals surface area contributed by atoms with E-state index in [4.69, 9.17) is 10.5 Å². The van der Waals surface area contributed by atoms with E-state index in [0.29, 0.717) is 0 Å². The molecule has 0 saturated carbocycles. The molecule has 1 unspecified atom stereocenters. The molecule has 1 heterocycles. The normalized spacial score (nSPS) is 12.4. The first kappa shape index (κ1) is 12.6. The molecule has 2 N–H and O–H groups in total. The van der Waals surface area contributed by atoms with Crippen molar-refractivity contribution in [1.29, 1.82) is 0 Å². The third-order valence-corrected chi connectivity index (χ3v) is 2.80. The Labute approximate surface area is 107 Å². The average Bonchev–Trinajstić information content (AvgIpc) is 2.69. The maximum atomic E-state index is 5.86. The number of hydrogen-bond donors (Lipinski definition) is 1. The lowest BCUT2D eigenvalue weighted by molar-refractivity contribution is 0.415. The zero-order valence-corrected chi connectivity index (χ0v) is 11.1. The van der Waals surface area contributed by atoms with Crippen LogP contribution in [0.3, 0.4) is 0 Å². The molecule has 0 spiro atoms. The second-order valence-electron chi connectivity index (χ2n) is 4.58. The number of aryl methyl sites for hydroxylation is 1. The fourth-order valence-electron chi connectivity index (χ4n) is 2.02. The van der Waals surface area contributed by atoms with Gasteiger partial charge in [0.15, 0.2) is 0 Å². The van der Waals surface area contributed by atoms with Crippen LogP contribution >= 0.6 is 0 Å². The van der Waals surface area contributed by atoms with Gasteiger partial charge in [0.05, 0.1) is 12.8 Å². The van der Waals surface area contributed by atoms with Crippen LogP contribution in [0.2, 0.25) is 0 Å². The van der Waals surface area contributed by atoms with Crippen LogP contribution in [0, 0.1) is 0 Å². The third-order valence-electron chi connectivity index (χ3n) is 2.80. The zero-order chi connectivity index (χ0) is 13.1. The highest BCUT2D eigenvalue weighted by Gasteiger charge is 2.12. The molecule has 2 rings (SSSR count). The van der Waals surface area contributed by atoms with Gasteiger partial charge < -0.3 is 10.5 Å². The summed E-state index contributed by atoms with van der Waals surface area (Å²) in [6, 6.07) is 8.10. The van der Waals surface area contributed by atoms with Crippen molar-refractivity contribution in [2.75, 3.05) is 7.11 Å². The minimum atomic E-state index is 0.101. The van der Waals surface area contributed by atoms with E-state index in [-0.39, 0.29) is 6.04 Å². The Morgan fingerprint density at radius 3 is 2.89 bits per heavy atom. The van der Waals surface area contributed by atoms with Crippen molar-refractivity contribution in [1.82, 2.24) is 9.78 Å². The average molecular weight is 245 g/mol. The van der Waals surface area contributed by atoms with E-state index < -0.39 is 0 Å². The van der Waals surface area contributed by atoms with Crippen LogP contribution < -0.4 is 10.5 Å². The molecular weight excluding hydrogens is 226 g/mol. The number of hydrogen-bond acceptors (Lipinski definition) is 3. The summed E-state index contributed by atoms with van der Waals surface area (Å²) in [6.07, 6.45) is 2.79. The van der Waals surface area contributed by atoms with Gasteiger partial charge in [0.25, 0.3) is 0 Å². The minimum Gasteiger partial charge on any atom is -0.497 e. The van der Waals surface area contributed by atoms with Gasteiger partial charge in [-0.05, 0) is 24.6 Å². The molecule has 1 aromatic heterocycles. The molecule has 2 aromatic rings. The first-order chi connectivity index (χ1) is 8.60. The van der Waals surface area contributed by atoms with E-state index in [0.717, 1.165) is 29.0 Å². The molecule has 0 aliphatic heterocycles. The Bertz CT molecular complexity index is 532. The molecule has 0 aliphatic carbocycles. The molecule has 96 valence electrons. The molecule has 4 heteroatoms. The predicted octanol–water partition coefficient (Wildman–Crippen LogP) is 1.99. The lowest BCUT2D eigenvalue weighted by atomic mass is 10.0. The fraction of sp³-hybridized carbons (Fsp3) is 0.357. The lowest BCUT2D eigenvalue weighted by Crippen LogP contribution is -2.18. The quantitative estimate of drug-likeness (QED) is 0.896. The van der Waals surface area contributed by atoms with Crippen molar-refractivity contribution in [2.45, 2.75) is 19.4 Å². The maximum absolute atomic E-state index is 5.86. The van der Waals surface area contributed by atoms with Gasteiger partial charge in [-0.3, -0.25) is 4.68 Å². The monoisotopic (exact) mass is 245 g/mol. The van der Waals surface area contributed by atoms with E-state index in [2.05, 4.69) is 11.2 Å². The highest BCUT2D eigenvalue weighted by molar-refractivity contribution is 5.67. The van der Waals surface area contributed by atoms with Gasteiger partial charge in [0.2, 0.25) is 0 Å². The molecular formula is C14H19N3O. The van der Waals surface area contributed by atoms with E-state index in [9.17, 15) is 0 Å². The van der Waals surface area contributed by atoms with Crippen LogP contribution in [0.25, 0.3) is 11.1 Å². The van der Waals surface area contributed by atoms with E-state index in [1.54, 1.807) is 7.11 Å². The van der Waals surface area contributed by atoms with Gasteiger partial charge in [-0.2, -0.15) is 5.10 Å². The Kier molecular flexibility index (Phi) is 3.67. The molecule has 0 saturated heterocycles. The molecule has 1 atom stereocenters. The van der Waals surface area contributed by atoms with Gasteiger partial charge in [-0.25, -0.2) is 0 Å². The van der Waals surface area contributed by atoms with Crippen LogP contribution in [0.1, 0.15) is 12.6 Å². The summed E-state index contributed by atoms with van der Waals surface area (Å²) < 4.78 is 7.08. The van der Waals surface area contributed by atoms with Crippen molar-refractivity contribution >= 4 is 0 Å². The molecule has 0 aliphatic rings. The van der Waals surface area contributed by atoms with Crippen LogP contribution in [-0.4, -0.2) is 22.9 Å².